The van der Waals surface area contributed by atoms with E-state index in [9.17, 15) is 8.78 Å². The number of hydrogen-bond donors (Lipinski definition) is 1. The van der Waals surface area contributed by atoms with Gasteiger partial charge in [-0.1, -0.05) is 12.8 Å². The molecule has 0 unspecified atom stereocenters. The van der Waals surface area contributed by atoms with E-state index in [1.807, 2.05) is 0 Å². The standard InChI is InChI=1S/C13H17F2N/c14-12-6-11(7-13(15)8-12)9-16-5-1-2-10-3-4-10/h6-8,10,16H,1-5,9H2. The molecule has 0 spiro atoms. The molecule has 3 heteroatoms. The number of rotatable bonds is 6. The Hall–Kier alpha value is -0.960. The molecular weight excluding hydrogens is 208 g/mol. The van der Waals surface area contributed by atoms with E-state index in [1.165, 1.54) is 31.4 Å². The highest BCUT2D eigenvalue weighted by atomic mass is 19.1. The Morgan fingerprint density at radius 2 is 1.81 bits per heavy atom. The average molecular weight is 225 g/mol. The van der Waals surface area contributed by atoms with Crippen LogP contribution in [0, 0.1) is 17.6 Å². The zero-order valence-corrected chi connectivity index (χ0v) is 9.31. The minimum absolute atomic E-state index is 0.505. The van der Waals surface area contributed by atoms with E-state index in [4.69, 9.17) is 0 Å². The van der Waals surface area contributed by atoms with Gasteiger partial charge in [0.1, 0.15) is 11.6 Å². The second kappa shape index (κ2) is 5.39. The number of hydrogen-bond acceptors (Lipinski definition) is 1. The molecule has 88 valence electrons. The van der Waals surface area contributed by atoms with Gasteiger partial charge in [0, 0.05) is 12.6 Å². The van der Waals surface area contributed by atoms with Crippen molar-refractivity contribution in [3.8, 4) is 0 Å². The van der Waals surface area contributed by atoms with Crippen LogP contribution in [-0.4, -0.2) is 6.54 Å². The predicted molar refractivity (Wildman–Crippen MR) is 60.0 cm³/mol. The van der Waals surface area contributed by atoms with E-state index < -0.39 is 11.6 Å². The molecule has 0 amide bonds. The van der Waals surface area contributed by atoms with Gasteiger partial charge in [0.2, 0.25) is 0 Å². The van der Waals surface area contributed by atoms with Crippen LogP contribution in [0.1, 0.15) is 31.2 Å². The molecule has 0 saturated heterocycles. The minimum atomic E-state index is -0.505. The maximum Gasteiger partial charge on any atom is 0.126 e. The van der Waals surface area contributed by atoms with E-state index in [-0.39, 0.29) is 0 Å². The Morgan fingerprint density at radius 1 is 1.12 bits per heavy atom. The Bertz CT molecular complexity index is 328. The molecule has 1 aliphatic carbocycles. The van der Waals surface area contributed by atoms with Gasteiger partial charge in [0.05, 0.1) is 0 Å². The van der Waals surface area contributed by atoms with Crippen LogP contribution in [-0.2, 0) is 6.54 Å². The molecule has 0 heterocycles. The van der Waals surface area contributed by atoms with Crippen LogP contribution in [0.5, 0.6) is 0 Å². The highest BCUT2D eigenvalue weighted by Crippen LogP contribution is 2.33. The fourth-order valence-corrected chi connectivity index (χ4v) is 1.87. The lowest BCUT2D eigenvalue weighted by molar-refractivity contribution is 0.567. The number of halogens is 2. The van der Waals surface area contributed by atoms with Crippen LogP contribution >= 0.6 is 0 Å². The van der Waals surface area contributed by atoms with Gasteiger partial charge >= 0.3 is 0 Å². The topological polar surface area (TPSA) is 12.0 Å². The van der Waals surface area contributed by atoms with Crippen LogP contribution in [0.25, 0.3) is 0 Å². The van der Waals surface area contributed by atoms with Crippen molar-refractivity contribution in [2.75, 3.05) is 6.54 Å². The summed E-state index contributed by atoms with van der Waals surface area (Å²) in [6, 6.07) is 3.64. The summed E-state index contributed by atoms with van der Waals surface area (Å²) in [5.74, 6) is -0.0574. The maximum absolute atomic E-state index is 12.8. The fraction of sp³-hybridized carbons (Fsp3) is 0.538. The molecule has 2 rings (SSSR count). The second-order valence-corrected chi connectivity index (χ2v) is 4.54. The molecular formula is C13H17F2N. The van der Waals surface area contributed by atoms with Crippen LogP contribution in [0.15, 0.2) is 18.2 Å². The molecule has 1 aromatic rings. The molecule has 0 atom stereocenters. The van der Waals surface area contributed by atoms with Crippen molar-refractivity contribution in [1.29, 1.82) is 0 Å². The molecule has 0 aliphatic heterocycles. The Balaban J connectivity index is 1.67. The summed E-state index contributed by atoms with van der Waals surface area (Å²) in [4.78, 5) is 0. The van der Waals surface area contributed by atoms with Crippen molar-refractivity contribution < 1.29 is 8.78 Å². The minimum Gasteiger partial charge on any atom is -0.313 e. The van der Waals surface area contributed by atoms with Crippen molar-refractivity contribution in [2.24, 2.45) is 5.92 Å². The van der Waals surface area contributed by atoms with Gasteiger partial charge in [0.25, 0.3) is 0 Å². The fourth-order valence-electron chi connectivity index (χ4n) is 1.87. The molecule has 1 saturated carbocycles. The van der Waals surface area contributed by atoms with Gasteiger partial charge in [-0.3, -0.25) is 0 Å². The molecule has 1 fully saturated rings. The molecule has 1 aromatic carbocycles. The first kappa shape index (κ1) is 11.5. The van der Waals surface area contributed by atoms with Gasteiger partial charge in [-0.05, 0) is 43.0 Å². The smallest absolute Gasteiger partial charge is 0.126 e. The quantitative estimate of drug-likeness (QED) is 0.733. The zero-order chi connectivity index (χ0) is 11.4. The Kier molecular flexibility index (Phi) is 3.88. The summed E-state index contributed by atoms with van der Waals surface area (Å²) in [5, 5.41) is 3.21. The molecule has 1 N–H and O–H groups in total. The lowest BCUT2D eigenvalue weighted by Crippen LogP contribution is -2.15. The number of benzene rings is 1. The van der Waals surface area contributed by atoms with Crippen LogP contribution < -0.4 is 5.32 Å². The highest BCUT2D eigenvalue weighted by molar-refractivity contribution is 5.17. The SMILES string of the molecule is Fc1cc(F)cc(CNCCCC2CC2)c1. The molecule has 0 radical (unpaired) electrons. The van der Waals surface area contributed by atoms with Gasteiger partial charge in [-0.25, -0.2) is 8.78 Å². The van der Waals surface area contributed by atoms with Gasteiger partial charge in [0.15, 0.2) is 0 Å². The zero-order valence-electron chi connectivity index (χ0n) is 9.31. The first-order chi connectivity index (χ1) is 7.74. The van der Waals surface area contributed by atoms with Crippen molar-refractivity contribution >= 4 is 0 Å². The van der Waals surface area contributed by atoms with Crippen LogP contribution in [0.2, 0.25) is 0 Å². The van der Waals surface area contributed by atoms with Crippen molar-refractivity contribution in [2.45, 2.75) is 32.2 Å². The van der Waals surface area contributed by atoms with Crippen molar-refractivity contribution in [3.05, 3.63) is 35.4 Å². The largest absolute Gasteiger partial charge is 0.313 e. The molecule has 1 nitrogen and oxygen atoms in total. The Morgan fingerprint density at radius 3 is 2.44 bits per heavy atom. The van der Waals surface area contributed by atoms with Crippen LogP contribution in [0.4, 0.5) is 8.78 Å². The number of nitrogens with one attached hydrogen (secondary N) is 1. The van der Waals surface area contributed by atoms with Gasteiger partial charge in [-0.2, -0.15) is 0 Å². The highest BCUT2D eigenvalue weighted by Gasteiger charge is 2.19. The van der Waals surface area contributed by atoms with Gasteiger partial charge < -0.3 is 5.32 Å². The second-order valence-electron chi connectivity index (χ2n) is 4.54. The van der Waals surface area contributed by atoms with E-state index in [2.05, 4.69) is 5.32 Å². The third-order valence-electron chi connectivity index (χ3n) is 2.91. The van der Waals surface area contributed by atoms with Crippen LogP contribution in [0.3, 0.4) is 0 Å². The lowest BCUT2D eigenvalue weighted by atomic mass is 10.2. The van der Waals surface area contributed by atoms with Gasteiger partial charge in [-0.15, -0.1) is 0 Å². The van der Waals surface area contributed by atoms with E-state index in [1.54, 1.807) is 0 Å². The Labute approximate surface area is 94.9 Å². The lowest BCUT2D eigenvalue weighted by Gasteiger charge is -2.05. The summed E-state index contributed by atoms with van der Waals surface area (Å²) in [6.45, 7) is 1.47. The summed E-state index contributed by atoms with van der Waals surface area (Å²) in [7, 11) is 0. The monoisotopic (exact) mass is 225 g/mol. The van der Waals surface area contributed by atoms with Crippen molar-refractivity contribution in [3.63, 3.8) is 0 Å². The maximum atomic E-state index is 12.8. The van der Waals surface area contributed by atoms with Crippen molar-refractivity contribution in [1.82, 2.24) is 5.32 Å². The summed E-state index contributed by atoms with van der Waals surface area (Å²) in [5.41, 5.74) is 0.670. The molecule has 1 aliphatic rings. The van der Waals surface area contributed by atoms with E-state index in [0.29, 0.717) is 12.1 Å². The molecule has 0 bridgehead atoms. The molecule has 16 heavy (non-hydrogen) atoms. The summed E-state index contributed by atoms with van der Waals surface area (Å²) < 4.78 is 25.7. The first-order valence-electron chi connectivity index (χ1n) is 5.90. The third-order valence-corrected chi connectivity index (χ3v) is 2.91. The normalized spacial score (nSPS) is 15.4. The third kappa shape index (κ3) is 3.89. The molecule has 0 aromatic heterocycles. The predicted octanol–water partition coefficient (Wildman–Crippen LogP) is 3.24. The summed E-state index contributed by atoms with van der Waals surface area (Å²) >= 11 is 0. The first-order valence-corrected chi connectivity index (χ1v) is 5.90. The van der Waals surface area contributed by atoms with E-state index >= 15 is 0 Å². The summed E-state index contributed by atoms with van der Waals surface area (Å²) in [6.07, 6.45) is 5.21. The average Bonchev–Trinajstić information content (AvgIpc) is 2.99. The van der Waals surface area contributed by atoms with E-state index in [0.717, 1.165) is 24.9 Å².